The van der Waals surface area contributed by atoms with Crippen LogP contribution in [0.25, 0.3) is 0 Å². The quantitative estimate of drug-likeness (QED) is 0.810. The second-order valence-electron chi connectivity index (χ2n) is 6.66. The molecule has 2 heteroatoms. The van der Waals surface area contributed by atoms with Crippen LogP contribution >= 0.6 is 0 Å². The Bertz CT molecular complexity index is 395. The van der Waals surface area contributed by atoms with E-state index in [2.05, 4.69) is 56.4 Å². The van der Waals surface area contributed by atoms with Crippen molar-refractivity contribution in [3.05, 3.63) is 35.9 Å². The van der Waals surface area contributed by atoms with Crippen LogP contribution in [0.4, 0.5) is 0 Å². The zero-order chi connectivity index (χ0) is 13.9. The van der Waals surface area contributed by atoms with Gasteiger partial charge in [0.05, 0.1) is 5.60 Å². The highest BCUT2D eigenvalue weighted by Crippen LogP contribution is 2.39. The summed E-state index contributed by atoms with van der Waals surface area (Å²) in [7, 11) is 1.80. The molecule has 0 bridgehead atoms. The van der Waals surface area contributed by atoms with Crippen molar-refractivity contribution in [2.75, 3.05) is 7.11 Å². The summed E-state index contributed by atoms with van der Waals surface area (Å²) >= 11 is 0. The lowest BCUT2D eigenvalue weighted by Gasteiger charge is -2.30. The molecule has 1 unspecified atom stereocenters. The summed E-state index contributed by atoms with van der Waals surface area (Å²) < 4.78 is 5.52. The minimum absolute atomic E-state index is 0.0464. The van der Waals surface area contributed by atoms with Crippen molar-refractivity contribution in [3.8, 4) is 0 Å². The van der Waals surface area contributed by atoms with Gasteiger partial charge in [0.15, 0.2) is 0 Å². The average Bonchev–Trinajstić information content (AvgIpc) is 3.09. The Kier molecular flexibility index (Phi) is 4.32. The first-order chi connectivity index (χ1) is 8.95. The second kappa shape index (κ2) is 5.64. The molecule has 1 atom stereocenters. The minimum Gasteiger partial charge on any atom is -0.379 e. The van der Waals surface area contributed by atoms with Gasteiger partial charge in [0.25, 0.3) is 0 Å². The summed E-state index contributed by atoms with van der Waals surface area (Å²) in [5.41, 5.74) is 1.73. The van der Waals surface area contributed by atoms with Crippen molar-refractivity contribution in [1.82, 2.24) is 5.32 Å². The number of nitrogens with one attached hydrogen (secondary N) is 1. The van der Waals surface area contributed by atoms with Crippen molar-refractivity contribution < 1.29 is 4.74 Å². The summed E-state index contributed by atoms with van der Waals surface area (Å²) in [4.78, 5) is 0. The monoisotopic (exact) mass is 261 g/mol. The second-order valence-corrected chi connectivity index (χ2v) is 6.66. The van der Waals surface area contributed by atoms with E-state index in [-0.39, 0.29) is 5.60 Å². The summed E-state index contributed by atoms with van der Waals surface area (Å²) in [5, 5.41) is 3.83. The summed E-state index contributed by atoms with van der Waals surface area (Å²) in [6.07, 6.45) is 4.77. The molecule has 2 rings (SSSR count). The van der Waals surface area contributed by atoms with Crippen LogP contribution in [0.1, 0.15) is 45.6 Å². The van der Waals surface area contributed by atoms with Gasteiger partial charge in [0.1, 0.15) is 0 Å². The predicted molar refractivity (Wildman–Crippen MR) is 80.4 cm³/mol. The van der Waals surface area contributed by atoms with Crippen molar-refractivity contribution in [2.24, 2.45) is 0 Å². The first kappa shape index (κ1) is 14.5. The Balaban J connectivity index is 1.88. The number of hydrogen-bond donors (Lipinski definition) is 1. The topological polar surface area (TPSA) is 21.3 Å². The lowest BCUT2D eigenvalue weighted by Crippen LogP contribution is -2.43. The molecule has 19 heavy (non-hydrogen) atoms. The van der Waals surface area contributed by atoms with Crippen LogP contribution in [-0.2, 0) is 11.2 Å². The van der Waals surface area contributed by atoms with Crippen LogP contribution in [0.15, 0.2) is 30.3 Å². The summed E-state index contributed by atoms with van der Waals surface area (Å²) in [6.45, 7) is 6.58. The van der Waals surface area contributed by atoms with E-state index in [1.807, 2.05) is 0 Å². The van der Waals surface area contributed by atoms with E-state index in [4.69, 9.17) is 4.74 Å². The van der Waals surface area contributed by atoms with Gasteiger partial charge >= 0.3 is 0 Å². The highest BCUT2D eigenvalue weighted by molar-refractivity contribution is 5.21. The van der Waals surface area contributed by atoms with Gasteiger partial charge in [-0.25, -0.2) is 0 Å². The maximum absolute atomic E-state index is 5.52. The molecular weight excluding hydrogens is 234 g/mol. The van der Waals surface area contributed by atoms with E-state index in [1.54, 1.807) is 7.11 Å². The minimum atomic E-state index is -0.0464. The van der Waals surface area contributed by atoms with Gasteiger partial charge < -0.3 is 10.1 Å². The van der Waals surface area contributed by atoms with Gasteiger partial charge in [-0.1, -0.05) is 30.3 Å². The Morgan fingerprint density at radius 3 is 2.42 bits per heavy atom. The number of ether oxygens (including phenoxy) is 1. The number of rotatable bonds is 7. The maximum Gasteiger partial charge on any atom is 0.0637 e. The lowest BCUT2D eigenvalue weighted by atomic mass is 9.97. The van der Waals surface area contributed by atoms with Gasteiger partial charge in [-0.2, -0.15) is 0 Å². The maximum atomic E-state index is 5.52. The molecule has 1 saturated carbocycles. The smallest absolute Gasteiger partial charge is 0.0637 e. The van der Waals surface area contributed by atoms with Crippen molar-refractivity contribution in [3.63, 3.8) is 0 Å². The zero-order valence-corrected chi connectivity index (χ0v) is 12.7. The molecule has 0 aliphatic heterocycles. The molecule has 0 amide bonds. The third-order valence-corrected chi connectivity index (χ3v) is 4.14. The number of hydrogen-bond acceptors (Lipinski definition) is 2. The van der Waals surface area contributed by atoms with Crippen LogP contribution in [0.3, 0.4) is 0 Å². The Labute approximate surface area is 117 Å². The molecule has 1 N–H and O–H groups in total. The molecular formula is C17H27NO. The third-order valence-electron chi connectivity index (χ3n) is 4.14. The summed E-state index contributed by atoms with van der Waals surface area (Å²) in [5.74, 6) is 0. The van der Waals surface area contributed by atoms with Crippen LogP contribution in [-0.4, -0.2) is 24.3 Å². The van der Waals surface area contributed by atoms with Crippen LogP contribution in [0, 0.1) is 0 Å². The average molecular weight is 261 g/mol. The molecule has 1 aromatic rings. The van der Waals surface area contributed by atoms with Crippen molar-refractivity contribution in [1.29, 1.82) is 0 Å². The standard InChI is InChI=1S/C17H27NO/c1-14(12-16(2,3)19-4)18-17(10-11-17)13-15-8-6-5-7-9-15/h5-9,14,18H,10-13H2,1-4H3. The molecule has 1 fully saturated rings. The molecule has 1 aromatic carbocycles. The van der Waals surface area contributed by atoms with E-state index >= 15 is 0 Å². The van der Waals surface area contributed by atoms with Gasteiger partial charge in [0.2, 0.25) is 0 Å². The fraction of sp³-hybridized carbons (Fsp3) is 0.647. The van der Waals surface area contributed by atoms with E-state index in [0.717, 1.165) is 12.8 Å². The van der Waals surface area contributed by atoms with Gasteiger partial charge in [-0.15, -0.1) is 0 Å². The lowest BCUT2D eigenvalue weighted by molar-refractivity contribution is 0.00737. The van der Waals surface area contributed by atoms with Gasteiger partial charge in [-0.3, -0.25) is 0 Å². The first-order valence-electron chi connectivity index (χ1n) is 7.32. The molecule has 0 radical (unpaired) electrons. The highest BCUT2D eigenvalue weighted by Gasteiger charge is 2.43. The van der Waals surface area contributed by atoms with Gasteiger partial charge in [-0.05, 0) is 52.0 Å². The SMILES string of the molecule is COC(C)(C)CC(C)NC1(Cc2ccccc2)CC1. The van der Waals surface area contributed by atoms with Gasteiger partial charge in [0, 0.05) is 18.7 Å². The Hall–Kier alpha value is -0.860. The predicted octanol–water partition coefficient (Wildman–Crippen LogP) is 3.55. The molecule has 1 aliphatic carbocycles. The third kappa shape index (κ3) is 4.32. The number of methoxy groups -OCH3 is 1. The molecule has 1 aliphatic rings. The molecule has 0 aromatic heterocycles. The van der Waals surface area contributed by atoms with Crippen molar-refractivity contribution >= 4 is 0 Å². The number of benzene rings is 1. The Morgan fingerprint density at radius 2 is 1.89 bits per heavy atom. The molecule has 0 spiro atoms. The van der Waals surface area contributed by atoms with Crippen molar-refractivity contribution in [2.45, 2.75) is 63.6 Å². The first-order valence-corrected chi connectivity index (χ1v) is 7.32. The van der Waals surface area contributed by atoms with E-state index in [1.165, 1.54) is 18.4 Å². The van der Waals surface area contributed by atoms with E-state index in [9.17, 15) is 0 Å². The molecule has 106 valence electrons. The molecule has 0 saturated heterocycles. The highest BCUT2D eigenvalue weighted by atomic mass is 16.5. The normalized spacial score (nSPS) is 19.2. The Morgan fingerprint density at radius 1 is 1.26 bits per heavy atom. The summed E-state index contributed by atoms with van der Waals surface area (Å²) in [6, 6.07) is 11.3. The fourth-order valence-electron chi connectivity index (χ4n) is 2.90. The fourth-order valence-corrected chi connectivity index (χ4v) is 2.90. The molecule has 2 nitrogen and oxygen atoms in total. The molecule has 0 heterocycles. The zero-order valence-electron chi connectivity index (χ0n) is 12.7. The van der Waals surface area contributed by atoms with Crippen LogP contribution < -0.4 is 5.32 Å². The van der Waals surface area contributed by atoms with E-state index in [0.29, 0.717) is 11.6 Å². The van der Waals surface area contributed by atoms with Crippen LogP contribution in [0.5, 0.6) is 0 Å². The van der Waals surface area contributed by atoms with E-state index < -0.39 is 0 Å². The van der Waals surface area contributed by atoms with Crippen LogP contribution in [0.2, 0.25) is 0 Å². The largest absolute Gasteiger partial charge is 0.379 e.